The van der Waals surface area contributed by atoms with Crippen molar-refractivity contribution in [3.63, 3.8) is 0 Å². The minimum atomic E-state index is -4.50. The zero-order valence-corrected chi connectivity index (χ0v) is 12.8. The number of aromatic nitrogens is 3. The average molecular weight is 354 g/mol. The van der Waals surface area contributed by atoms with E-state index in [0.717, 1.165) is 16.8 Å². The van der Waals surface area contributed by atoms with Crippen molar-refractivity contribution >= 4 is 11.9 Å². The van der Waals surface area contributed by atoms with Crippen LogP contribution < -0.4 is 0 Å². The molecule has 1 N–H and O–H groups in total. The fraction of sp³-hybridized carbons (Fsp3) is 0.333. The smallest absolute Gasteiger partial charge is 0.416 e. The number of carboxylic acid groups (broad SMARTS) is 1. The second-order valence-electron chi connectivity index (χ2n) is 5.65. The Bertz CT molecular complexity index is 814. The van der Waals surface area contributed by atoms with Gasteiger partial charge in [-0.1, -0.05) is 11.3 Å². The molecule has 1 aromatic heterocycles. The third kappa shape index (κ3) is 3.78. The number of aliphatic carboxylic acids is 1. The van der Waals surface area contributed by atoms with Gasteiger partial charge in [-0.25, -0.2) is 4.68 Å². The van der Waals surface area contributed by atoms with E-state index in [4.69, 9.17) is 5.11 Å². The second-order valence-corrected chi connectivity index (χ2v) is 5.65. The number of carbonyl (C=O) groups excluding carboxylic acids is 1. The summed E-state index contributed by atoms with van der Waals surface area (Å²) in [4.78, 5) is 24.5. The number of hydrogen-bond acceptors (Lipinski definition) is 4. The van der Waals surface area contributed by atoms with E-state index in [1.54, 1.807) is 0 Å². The summed E-state index contributed by atoms with van der Waals surface area (Å²) in [5.41, 5.74) is -0.873. The largest absolute Gasteiger partial charge is 0.480 e. The summed E-state index contributed by atoms with van der Waals surface area (Å²) in [5.74, 6) is -1.76. The van der Waals surface area contributed by atoms with Crippen molar-refractivity contribution in [2.75, 3.05) is 6.54 Å². The van der Waals surface area contributed by atoms with Gasteiger partial charge in [-0.2, -0.15) is 13.2 Å². The number of rotatable bonds is 5. The summed E-state index contributed by atoms with van der Waals surface area (Å²) >= 11 is 0. The molecule has 1 heterocycles. The fourth-order valence-corrected chi connectivity index (χ4v) is 2.36. The number of carboxylic acids is 1. The molecule has 3 rings (SSSR count). The van der Waals surface area contributed by atoms with E-state index in [1.165, 1.54) is 23.2 Å². The number of hydrogen-bond donors (Lipinski definition) is 1. The van der Waals surface area contributed by atoms with Crippen molar-refractivity contribution in [1.29, 1.82) is 0 Å². The minimum absolute atomic E-state index is 0.0950. The first-order valence-electron chi connectivity index (χ1n) is 7.38. The van der Waals surface area contributed by atoms with Crippen LogP contribution in [0.15, 0.2) is 30.5 Å². The lowest BCUT2D eigenvalue weighted by atomic mass is 10.2. The second kappa shape index (κ2) is 6.19. The molecule has 1 aromatic carbocycles. The molecule has 2 aromatic rings. The lowest BCUT2D eigenvalue weighted by Crippen LogP contribution is -2.37. The summed E-state index contributed by atoms with van der Waals surface area (Å²) in [6, 6.07) is 4.28. The number of nitrogens with zero attached hydrogens (tertiary/aromatic N) is 4. The Balaban J connectivity index is 1.85. The van der Waals surface area contributed by atoms with Crippen molar-refractivity contribution in [2.24, 2.45) is 0 Å². The maximum absolute atomic E-state index is 12.8. The Morgan fingerprint density at radius 1 is 1.32 bits per heavy atom. The van der Waals surface area contributed by atoms with Crippen LogP contribution in [0.4, 0.5) is 13.2 Å². The van der Waals surface area contributed by atoms with E-state index < -0.39 is 30.2 Å². The maximum atomic E-state index is 12.8. The Kier molecular flexibility index (Phi) is 4.19. The van der Waals surface area contributed by atoms with Gasteiger partial charge >= 0.3 is 12.1 Å². The summed E-state index contributed by atoms with van der Waals surface area (Å²) < 4.78 is 39.4. The first kappa shape index (κ1) is 16.9. The first-order valence-corrected chi connectivity index (χ1v) is 7.38. The van der Waals surface area contributed by atoms with Crippen LogP contribution in [0.25, 0.3) is 5.69 Å². The number of alkyl halides is 3. The van der Waals surface area contributed by atoms with Gasteiger partial charge in [0, 0.05) is 6.04 Å². The summed E-state index contributed by atoms with van der Waals surface area (Å²) in [7, 11) is 0. The van der Waals surface area contributed by atoms with Gasteiger partial charge in [0.05, 0.1) is 17.4 Å². The van der Waals surface area contributed by atoms with E-state index in [-0.39, 0.29) is 17.4 Å². The normalized spacial score (nSPS) is 14.4. The van der Waals surface area contributed by atoms with Gasteiger partial charge in [0.2, 0.25) is 0 Å². The van der Waals surface area contributed by atoms with Crippen molar-refractivity contribution in [3.05, 3.63) is 41.7 Å². The quantitative estimate of drug-likeness (QED) is 0.887. The Labute approximate surface area is 139 Å². The molecule has 1 aliphatic rings. The lowest BCUT2D eigenvalue weighted by Gasteiger charge is -2.18. The topological polar surface area (TPSA) is 88.3 Å². The monoisotopic (exact) mass is 354 g/mol. The first-order chi connectivity index (χ1) is 11.8. The van der Waals surface area contributed by atoms with Gasteiger partial charge in [-0.3, -0.25) is 9.59 Å². The molecule has 1 aliphatic carbocycles. The lowest BCUT2D eigenvalue weighted by molar-refractivity contribution is -0.138. The van der Waals surface area contributed by atoms with Crippen molar-refractivity contribution < 1.29 is 27.9 Å². The third-order valence-corrected chi connectivity index (χ3v) is 3.70. The van der Waals surface area contributed by atoms with E-state index >= 15 is 0 Å². The van der Waals surface area contributed by atoms with Crippen molar-refractivity contribution in [2.45, 2.75) is 25.1 Å². The SMILES string of the molecule is O=C(O)CN(C(=O)c1cn(-c2cccc(C(F)(F)F)c2)nn1)C1CC1. The van der Waals surface area contributed by atoms with Crippen molar-refractivity contribution in [1.82, 2.24) is 19.9 Å². The summed E-state index contributed by atoms with van der Waals surface area (Å²) in [6.07, 6.45) is -1.89. The standard InChI is InChI=1S/C15H13F3N4O3/c16-15(17,18)9-2-1-3-11(6-9)22-7-12(19-20-22)14(25)21(8-13(23)24)10-4-5-10/h1-3,6-7,10H,4-5,8H2,(H,23,24). The molecular formula is C15H13F3N4O3. The molecule has 0 aliphatic heterocycles. The van der Waals surface area contributed by atoms with Gasteiger partial charge in [-0.15, -0.1) is 5.10 Å². The summed E-state index contributed by atoms with van der Waals surface area (Å²) in [5, 5.41) is 16.3. The zero-order chi connectivity index (χ0) is 18.2. The van der Waals surface area contributed by atoms with Crippen LogP contribution in [0.3, 0.4) is 0 Å². The van der Waals surface area contributed by atoms with Crippen LogP contribution in [0.2, 0.25) is 0 Å². The zero-order valence-electron chi connectivity index (χ0n) is 12.8. The number of amides is 1. The molecule has 0 unspecified atom stereocenters. The van der Waals surface area contributed by atoms with Gasteiger partial charge in [-0.05, 0) is 31.0 Å². The van der Waals surface area contributed by atoms with Crippen LogP contribution in [-0.4, -0.2) is 49.5 Å². The highest BCUT2D eigenvalue weighted by Gasteiger charge is 2.35. The molecule has 0 atom stereocenters. The molecule has 1 fully saturated rings. The van der Waals surface area contributed by atoms with Crippen LogP contribution >= 0.6 is 0 Å². The molecule has 0 spiro atoms. The Morgan fingerprint density at radius 3 is 2.64 bits per heavy atom. The predicted molar refractivity (Wildman–Crippen MR) is 78.1 cm³/mol. The molecular weight excluding hydrogens is 341 g/mol. The molecule has 1 amide bonds. The van der Waals surface area contributed by atoms with Crippen LogP contribution in [0.1, 0.15) is 28.9 Å². The third-order valence-electron chi connectivity index (χ3n) is 3.70. The van der Waals surface area contributed by atoms with E-state index in [9.17, 15) is 22.8 Å². The molecule has 132 valence electrons. The van der Waals surface area contributed by atoms with E-state index in [0.29, 0.717) is 12.8 Å². The number of benzene rings is 1. The highest BCUT2D eigenvalue weighted by atomic mass is 19.4. The summed E-state index contributed by atoms with van der Waals surface area (Å²) in [6.45, 7) is -0.458. The van der Waals surface area contributed by atoms with Crippen LogP contribution in [0.5, 0.6) is 0 Å². The molecule has 1 saturated carbocycles. The Morgan fingerprint density at radius 2 is 2.04 bits per heavy atom. The Hall–Kier alpha value is -2.91. The maximum Gasteiger partial charge on any atom is 0.416 e. The highest BCUT2D eigenvalue weighted by molar-refractivity contribution is 5.94. The molecule has 10 heteroatoms. The molecule has 0 saturated heterocycles. The average Bonchev–Trinajstić information content (AvgIpc) is 3.27. The molecule has 0 radical (unpaired) electrons. The molecule has 7 nitrogen and oxygen atoms in total. The van der Waals surface area contributed by atoms with E-state index in [2.05, 4.69) is 10.3 Å². The minimum Gasteiger partial charge on any atom is -0.480 e. The van der Waals surface area contributed by atoms with Crippen LogP contribution in [0, 0.1) is 0 Å². The highest BCUT2D eigenvalue weighted by Crippen LogP contribution is 2.30. The molecule has 0 bridgehead atoms. The van der Waals surface area contributed by atoms with Gasteiger partial charge in [0.15, 0.2) is 5.69 Å². The van der Waals surface area contributed by atoms with E-state index in [1.807, 2.05) is 0 Å². The fourth-order valence-electron chi connectivity index (χ4n) is 2.36. The molecule has 25 heavy (non-hydrogen) atoms. The van der Waals surface area contributed by atoms with Gasteiger partial charge in [0.25, 0.3) is 5.91 Å². The van der Waals surface area contributed by atoms with Crippen LogP contribution in [-0.2, 0) is 11.0 Å². The number of halogens is 3. The predicted octanol–water partition coefficient (Wildman–Crippen LogP) is 1.98. The van der Waals surface area contributed by atoms with Crippen molar-refractivity contribution in [3.8, 4) is 5.69 Å². The number of carbonyl (C=O) groups is 2. The van der Waals surface area contributed by atoms with Gasteiger partial charge < -0.3 is 10.0 Å². The van der Waals surface area contributed by atoms with Gasteiger partial charge in [0.1, 0.15) is 6.54 Å².